The Morgan fingerprint density at radius 2 is 1.80 bits per heavy atom. The average Bonchev–Trinajstić information content (AvgIpc) is 2.61. The number of carbonyl (C=O) groups is 1. The van der Waals surface area contributed by atoms with E-state index < -0.39 is 5.82 Å². The zero-order valence-corrected chi connectivity index (χ0v) is 15.4. The summed E-state index contributed by atoms with van der Waals surface area (Å²) in [6.07, 6.45) is 1.82. The van der Waals surface area contributed by atoms with Gasteiger partial charge in [-0.25, -0.2) is 4.39 Å². The molecule has 134 valence electrons. The standard InChI is InChI=1S/C20H23ClFNO2/c1-3-11-23(12-4-2)20(24)15-7-5-8-16(13-15)25-14-17-18(21)9-6-10-19(17)22/h5-10,13H,3-4,11-12,14H2,1-2H3. The Hall–Kier alpha value is -2.07. The summed E-state index contributed by atoms with van der Waals surface area (Å²) in [6.45, 7) is 5.56. The lowest BCUT2D eigenvalue weighted by molar-refractivity contribution is 0.0755. The van der Waals surface area contributed by atoms with E-state index in [0.717, 1.165) is 25.9 Å². The van der Waals surface area contributed by atoms with E-state index in [4.69, 9.17) is 16.3 Å². The molecule has 25 heavy (non-hydrogen) atoms. The van der Waals surface area contributed by atoms with E-state index in [-0.39, 0.29) is 12.5 Å². The third kappa shape index (κ3) is 5.20. The Morgan fingerprint density at radius 1 is 1.12 bits per heavy atom. The molecule has 0 unspecified atom stereocenters. The van der Waals surface area contributed by atoms with Gasteiger partial charge in [0.05, 0.1) is 5.02 Å². The van der Waals surface area contributed by atoms with Crippen molar-refractivity contribution in [2.45, 2.75) is 33.3 Å². The highest BCUT2D eigenvalue weighted by Gasteiger charge is 2.15. The summed E-state index contributed by atoms with van der Waals surface area (Å²) in [5, 5.41) is 0.323. The summed E-state index contributed by atoms with van der Waals surface area (Å²) in [7, 11) is 0. The monoisotopic (exact) mass is 363 g/mol. The third-order valence-corrected chi connectivity index (χ3v) is 4.15. The molecular formula is C20H23ClFNO2. The maximum Gasteiger partial charge on any atom is 0.253 e. The minimum atomic E-state index is -0.406. The van der Waals surface area contributed by atoms with Crippen molar-refractivity contribution in [3.63, 3.8) is 0 Å². The van der Waals surface area contributed by atoms with Crippen molar-refractivity contribution in [1.29, 1.82) is 0 Å². The molecule has 2 aromatic rings. The maximum atomic E-state index is 13.8. The largest absolute Gasteiger partial charge is 0.489 e. The van der Waals surface area contributed by atoms with Crippen LogP contribution in [0.1, 0.15) is 42.6 Å². The first-order valence-corrected chi connectivity index (χ1v) is 8.89. The normalized spacial score (nSPS) is 10.6. The molecule has 0 N–H and O–H groups in total. The predicted octanol–water partition coefficient (Wildman–Crippen LogP) is 5.32. The summed E-state index contributed by atoms with van der Waals surface area (Å²) in [6, 6.07) is 11.5. The lowest BCUT2D eigenvalue weighted by Crippen LogP contribution is -2.32. The van der Waals surface area contributed by atoms with E-state index in [9.17, 15) is 9.18 Å². The predicted molar refractivity (Wildman–Crippen MR) is 98.7 cm³/mol. The van der Waals surface area contributed by atoms with Gasteiger partial charge in [0.2, 0.25) is 0 Å². The summed E-state index contributed by atoms with van der Waals surface area (Å²) < 4.78 is 19.5. The highest BCUT2D eigenvalue weighted by Crippen LogP contribution is 2.22. The summed E-state index contributed by atoms with van der Waals surface area (Å²) in [5.41, 5.74) is 0.874. The van der Waals surface area contributed by atoms with Crippen molar-refractivity contribution in [2.75, 3.05) is 13.1 Å². The van der Waals surface area contributed by atoms with E-state index in [1.165, 1.54) is 6.07 Å². The molecular weight excluding hydrogens is 341 g/mol. The van der Waals surface area contributed by atoms with E-state index in [2.05, 4.69) is 0 Å². The SMILES string of the molecule is CCCN(CCC)C(=O)c1cccc(OCc2c(F)cccc2Cl)c1. The summed E-state index contributed by atoms with van der Waals surface area (Å²) >= 11 is 6.01. The van der Waals surface area contributed by atoms with Gasteiger partial charge in [-0.1, -0.05) is 37.6 Å². The van der Waals surface area contributed by atoms with E-state index in [0.29, 0.717) is 21.9 Å². The quantitative estimate of drug-likeness (QED) is 0.635. The molecule has 0 radical (unpaired) electrons. The summed E-state index contributed by atoms with van der Waals surface area (Å²) in [4.78, 5) is 14.5. The fourth-order valence-corrected chi connectivity index (χ4v) is 2.80. The molecule has 1 amide bonds. The van der Waals surface area contributed by atoms with Crippen LogP contribution in [0.3, 0.4) is 0 Å². The first-order chi connectivity index (χ1) is 12.1. The van der Waals surface area contributed by atoms with Crippen LogP contribution in [0.4, 0.5) is 4.39 Å². The topological polar surface area (TPSA) is 29.5 Å². The van der Waals surface area contributed by atoms with Crippen LogP contribution in [0.5, 0.6) is 5.75 Å². The highest BCUT2D eigenvalue weighted by atomic mass is 35.5. The number of benzene rings is 2. The number of halogens is 2. The van der Waals surface area contributed by atoms with Gasteiger partial charge in [0.15, 0.2) is 0 Å². The van der Waals surface area contributed by atoms with Gasteiger partial charge in [-0.3, -0.25) is 4.79 Å². The van der Waals surface area contributed by atoms with Gasteiger partial charge in [0.1, 0.15) is 18.2 Å². The molecule has 2 aromatic carbocycles. The smallest absolute Gasteiger partial charge is 0.253 e. The first kappa shape index (κ1) is 19.3. The number of hydrogen-bond acceptors (Lipinski definition) is 2. The molecule has 0 aliphatic rings. The molecule has 0 aliphatic carbocycles. The minimum Gasteiger partial charge on any atom is -0.489 e. The second-order valence-corrected chi connectivity index (χ2v) is 6.22. The molecule has 0 fully saturated rings. The van der Waals surface area contributed by atoms with Gasteiger partial charge in [-0.15, -0.1) is 0 Å². The lowest BCUT2D eigenvalue weighted by Gasteiger charge is -2.21. The number of nitrogens with zero attached hydrogens (tertiary/aromatic N) is 1. The minimum absolute atomic E-state index is 0.0107. The Morgan fingerprint density at radius 3 is 2.44 bits per heavy atom. The molecule has 3 nitrogen and oxygen atoms in total. The number of hydrogen-bond donors (Lipinski definition) is 0. The maximum absolute atomic E-state index is 13.8. The van der Waals surface area contributed by atoms with Crippen molar-refractivity contribution < 1.29 is 13.9 Å². The molecule has 0 atom stereocenters. The second kappa shape index (κ2) is 9.42. The molecule has 0 aromatic heterocycles. The Kier molecular flexibility index (Phi) is 7.26. The zero-order valence-electron chi connectivity index (χ0n) is 14.6. The second-order valence-electron chi connectivity index (χ2n) is 5.81. The van der Waals surface area contributed by atoms with Crippen LogP contribution in [0.25, 0.3) is 0 Å². The third-order valence-electron chi connectivity index (χ3n) is 3.80. The number of carbonyl (C=O) groups excluding carboxylic acids is 1. The van der Waals surface area contributed by atoms with Crippen LogP contribution in [-0.4, -0.2) is 23.9 Å². The van der Waals surface area contributed by atoms with Crippen LogP contribution in [0.15, 0.2) is 42.5 Å². The van der Waals surface area contributed by atoms with Crippen LogP contribution < -0.4 is 4.74 Å². The lowest BCUT2D eigenvalue weighted by atomic mass is 10.1. The molecule has 0 saturated heterocycles. The van der Waals surface area contributed by atoms with Crippen molar-refractivity contribution in [3.05, 3.63) is 64.4 Å². The first-order valence-electron chi connectivity index (χ1n) is 8.51. The Balaban J connectivity index is 2.11. The molecule has 0 spiro atoms. The molecule has 2 rings (SSSR count). The van der Waals surface area contributed by atoms with Gasteiger partial charge < -0.3 is 9.64 Å². The molecule has 5 heteroatoms. The Labute approximate surface area is 153 Å². The van der Waals surface area contributed by atoms with E-state index >= 15 is 0 Å². The molecule has 0 bridgehead atoms. The molecule has 0 heterocycles. The van der Waals surface area contributed by atoms with Gasteiger partial charge in [0, 0.05) is 24.2 Å². The van der Waals surface area contributed by atoms with Crippen LogP contribution >= 0.6 is 11.6 Å². The van der Waals surface area contributed by atoms with Crippen molar-refractivity contribution in [3.8, 4) is 5.75 Å². The molecule has 0 aliphatic heterocycles. The van der Waals surface area contributed by atoms with Crippen molar-refractivity contribution in [2.24, 2.45) is 0 Å². The van der Waals surface area contributed by atoms with Crippen LogP contribution in [0.2, 0.25) is 5.02 Å². The highest BCUT2D eigenvalue weighted by molar-refractivity contribution is 6.31. The van der Waals surface area contributed by atoms with Gasteiger partial charge in [0.25, 0.3) is 5.91 Å². The number of ether oxygens (including phenoxy) is 1. The average molecular weight is 364 g/mol. The van der Waals surface area contributed by atoms with Gasteiger partial charge in [-0.05, 0) is 43.2 Å². The molecule has 0 saturated carbocycles. The zero-order chi connectivity index (χ0) is 18.2. The van der Waals surface area contributed by atoms with Crippen LogP contribution in [0, 0.1) is 5.82 Å². The van der Waals surface area contributed by atoms with E-state index in [1.54, 1.807) is 36.4 Å². The van der Waals surface area contributed by atoms with Crippen molar-refractivity contribution >= 4 is 17.5 Å². The number of rotatable bonds is 8. The van der Waals surface area contributed by atoms with Gasteiger partial charge >= 0.3 is 0 Å². The fraction of sp³-hybridized carbons (Fsp3) is 0.350. The van der Waals surface area contributed by atoms with E-state index in [1.807, 2.05) is 18.7 Å². The Bertz CT molecular complexity index is 694. The van der Waals surface area contributed by atoms with Crippen molar-refractivity contribution in [1.82, 2.24) is 4.90 Å². The summed E-state index contributed by atoms with van der Waals surface area (Å²) in [5.74, 6) is 0.0907. The van der Waals surface area contributed by atoms with Gasteiger partial charge in [-0.2, -0.15) is 0 Å². The van der Waals surface area contributed by atoms with Crippen LogP contribution in [-0.2, 0) is 6.61 Å². The fourth-order valence-electron chi connectivity index (χ4n) is 2.58. The number of amides is 1.